The first-order valence-corrected chi connectivity index (χ1v) is 9.64. The van der Waals surface area contributed by atoms with E-state index < -0.39 is 17.7 Å². The topological polar surface area (TPSA) is 102 Å². The molecule has 0 aliphatic carbocycles. The molecule has 0 bridgehead atoms. The van der Waals surface area contributed by atoms with E-state index in [2.05, 4.69) is 28.3 Å². The Labute approximate surface area is 163 Å². The SMILES string of the molecule is Cc1ccc([C@@H]2c3c(nc(N4CCC(C)CC4)[nH]c3=O)NC(=O)[C@@H]2C#N)cc1. The number of hydrogen-bond acceptors (Lipinski definition) is 5. The van der Waals surface area contributed by atoms with E-state index in [1.165, 1.54) is 0 Å². The van der Waals surface area contributed by atoms with Crippen LogP contribution in [0.1, 0.15) is 42.4 Å². The van der Waals surface area contributed by atoms with Gasteiger partial charge in [0, 0.05) is 19.0 Å². The molecule has 0 spiro atoms. The van der Waals surface area contributed by atoms with Gasteiger partial charge < -0.3 is 10.2 Å². The van der Waals surface area contributed by atoms with Crippen LogP contribution in [-0.4, -0.2) is 29.0 Å². The van der Waals surface area contributed by atoms with Gasteiger partial charge in [0.2, 0.25) is 11.9 Å². The number of amides is 1. The first-order valence-electron chi connectivity index (χ1n) is 9.64. The molecule has 2 atom stereocenters. The average Bonchev–Trinajstić information content (AvgIpc) is 2.68. The molecular weight excluding hydrogens is 354 g/mol. The second-order valence-electron chi connectivity index (χ2n) is 7.81. The number of hydrogen-bond donors (Lipinski definition) is 2. The average molecular weight is 377 g/mol. The molecule has 2 aliphatic rings. The number of aromatic nitrogens is 2. The summed E-state index contributed by atoms with van der Waals surface area (Å²) in [6.45, 7) is 5.82. The Morgan fingerprint density at radius 2 is 1.86 bits per heavy atom. The minimum Gasteiger partial charge on any atom is -0.342 e. The van der Waals surface area contributed by atoms with Crippen molar-refractivity contribution < 1.29 is 4.79 Å². The Bertz CT molecular complexity index is 997. The van der Waals surface area contributed by atoms with Gasteiger partial charge in [-0.3, -0.25) is 14.6 Å². The number of piperidine rings is 1. The molecule has 4 rings (SSSR count). The van der Waals surface area contributed by atoms with Gasteiger partial charge in [-0.25, -0.2) is 0 Å². The number of benzene rings is 1. The summed E-state index contributed by atoms with van der Waals surface area (Å²) in [6.07, 6.45) is 2.07. The summed E-state index contributed by atoms with van der Waals surface area (Å²) in [7, 11) is 0. The van der Waals surface area contributed by atoms with Crippen LogP contribution in [0.25, 0.3) is 0 Å². The normalized spacial score (nSPS) is 22.3. The van der Waals surface area contributed by atoms with Crippen molar-refractivity contribution in [2.75, 3.05) is 23.3 Å². The molecule has 1 fully saturated rings. The van der Waals surface area contributed by atoms with Crippen molar-refractivity contribution in [2.45, 2.75) is 32.6 Å². The van der Waals surface area contributed by atoms with Crippen LogP contribution in [0.4, 0.5) is 11.8 Å². The van der Waals surface area contributed by atoms with Crippen LogP contribution in [-0.2, 0) is 4.79 Å². The number of aromatic amines is 1. The minimum absolute atomic E-state index is 0.263. The van der Waals surface area contributed by atoms with Crippen LogP contribution in [0, 0.1) is 30.1 Å². The van der Waals surface area contributed by atoms with Crippen molar-refractivity contribution in [2.24, 2.45) is 11.8 Å². The van der Waals surface area contributed by atoms with Gasteiger partial charge in [-0.2, -0.15) is 10.2 Å². The molecule has 0 unspecified atom stereocenters. The quantitative estimate of drug-likeness (QED) is 0.837. The molecule has 1 aromatic carbocycles. The molecule has 7 heteroatoms. The predicted octanol–water partition coefficient (Wildman–Crippen LogP) is 2.54. The van der Waals surface area contributed by atoms with Crippen molar-refractivity contribution in [1.29, 1.82) is 5.26 Å². The van der Waals surface area contributed by atoms with Crippen molar-refractivity contribution in [3.63, 3.8) is 0 Å². The second-order valence-corrected chi connectivity index (χ2v) is 7.81. The highest BCUT2D eigenvalue weighted by molar-refractivity contribution is 5.97. The lowest BCUT2D eigenvalue weighted by Crippen LogP contribution is -2.40. The summed E-state index contributed by atoms with van der Waals surface area (Å²) in [5.74, 6) is -0.631. The fraction of sp³-hybridized carbons (Fsp3) is 0.429. The van der Waals surface area contributed by atoms with Crippen LogP contribution in [0.3, 0.4) is 0 Å². The van der Waals surface area contributed by atoms with Crippen molar-refractivity contribution in [1.82, 2.24) is 9.97 Å². The van der Waals surface area contributed by atoms with Crippen LogP contribution in [0.5, 0.6) is 0 Å². The highest BCUT2D eigenvalue weighted by Crippen LogP contribution is 2.38. The number of nitriles is 1. The zero-order chi connectivity index (χ0) is 19.8. The molecule has 1 saturated heterocycles. The lowest BCUT2D eigenvalue weighted by atomic mass is 9.79. The molecule has 2 aliphatic heterocycles. The molecule has 0 radical (unpaired) electrons. The van der Waals surface area contributed by atoms with E-state index in [0.717, 1.165) is 37.1 Å². The van der Waals surface area contributed by atoms with Crippen LogP contribution < -0.4 is 15.8 Å². The standard InChI is InChI=1S/C21H23N5O2/c1-12-3-5-14(6-4-12)16-15(11-22)19(27)23-18-17(16)20(28)25-21(24-18)26-9-7-13(2)8-10-26/h3-6,13,15-16H,7-10H2,1-2H3,(H2,23,24,25,27,28)/t15-,16+/m1/s1. The molecule has 3 heterocycles. The Kier molecular flexibility index (Phi) is 4.63. The monoisotopic (exact) mass is 377 g/mol. The molecule has 0 saturated carbocycles. The zero-order valence-electron chi connectivity index (χ0n) is 16.0. The summed E-state index contributed by atoms with van der Waals surface area (Å²) in [5, 5.41) is 12.3. The van der Waals surface area contributed by atoms with Gasteiger partial charge in [0.05, 0.1) is 11.6 Å². The van der Waals surface area contributed by atoms with E-state index in [1.807, 2.05) is 36.1 Å². The lowest BCUT2D eigenvalue weighted by molar-refractivity contribution is -0.119. The largest absolute Gasteiger partial charge is 0.342 e. The smallest absolute Gasteiger partial charge is 0.258 e. The number of fused-ring (bicyclic) bond motifs is 1. The van der Waals surface area contributed by atoms with Gasteiger partial charge >= 0.3 is 0 Å². The summed E-state index contributed by atoms with van der Waals surface area (Å²) in [5.41, 5.74) is 1.88. The number of H-pyrrole nitrogens is 1. The van der Waals surface area contributed by atoms with Crippen molar-refractivity contribution >= 4 is 17.7 Å². The molecule has 144 valence electrons. The Morgan fingerprint density at radius 1 is 1.18 bits per heavy atom. The van der Waals surface area contributed by atoms with Gasteiger partial charge in [-0.15, -0.1) is 0 Å². The maximum atomic E-state index is 13.0. The Morgan fingerprint density at radius 3 is 2.50 bits per heavy atom. The van der Waals surface area contributed by atoms with E-state index in [-0.39, 0.29) is 11.4 Å². The van der Waals surface area contributed by atoms with Crippen molar-refractivity contribution in [3.8, 4) is 6.07 Å². The number of carbonyl (C=O) groups is 1. The molecule has 2 N–H and O–H groups in total. The number of anilines is 2. The van der Waals surface area contributed by atoms with Gasteiger partial charge in [0.15, 0.2) is 0 Å². The number of rotatable bonds is 2. The molecular formula is C21H23N5O2. The second kappa shape index (κ2) is 7.12. The van der Waals surface area contributed by atoms with Crippen LogP contribution in [0.2, 0.25) is 0 Å². The third-order valence-corrected chi connectivity index (χ3v) is 5.77. The number of nitrogens with zero attached hydrogens (tertiary/aromatic N) is 3. The minimum atomic E-state index is -0.972. The Hall–Kier alpha value is -3.14. The predicted molar refractivity (Wildman–Crippen MR) is 106 cm³/mol. The fourth-order valence-corrected chi connectivity index (χ4v) is 4.00. The number of carbonyl (C=O) groups excluding carboxylic acids is 1. The van der Waals surface area contributed by atoms with E-state index >= 15 is 0 Å². The number of aryl methyl sites for hydroxylation is 1. The van der Waals surface area contributed by atoms with E-state index in [4.69, 9.17) is 0 Å². The van der Waals surface area contributed by atoms with E-state index in [0.29, 0.717) is 17.4 Å². The lowest BCUT2D eigenvalue weighted by Gasteiger charge is -2.33. The van der Waals surface area contributed by atoms with E-state index in [9.17, 15) is 14.9 Å². The number of nitrogens with one attached hydrogen (secondary N) is 2. The first kappa shape index (κ1) is 18.2. The van der Waals surface area contributed by atoms with Crippen molar-refractivity contribution in [3.05, 3.63) is 51.3 Å². The maximum absolute atomic E-state index is 13.0. The molecule has 1 amide bonds. The molecule has 7 nitrogen and oxygen atoms in total. The van der Waals surface area contributed by atoms with Gasteiger partial charge in [0.25, 0.3) is 5.56 Å². The maximum Gasteiger partial charge on any atom is 0.258 e. The molecule has 1 aromatic heterocycles. The molecule has 2 aromatic rings. The Balaban J connectivity index is 1.80. The first-order chi connectivity index (χ1) is 13.5. The third kappa shape index (κ3) is 3.15. The van der Waals surface area contributed by atoms with Gasteiger partial charge in [-0.1, -0.05) is 36.8 Å². The summed E-state index contributed by atoms with van der Waals surface area (Å²) in [6, 6.07) is 9.63. The summed E-state index contributed by atoms with van der Waals surface area (Å²) in [4.78, 5) is 35.1. The van der Waals surface area contributed by atoms with Crippen LogP contribution in [0.15, 0.2) is 29.1 Å². The van der Waals surface area contributed by atoms with E-state index in [1.54, 1.807) is 0 Å². The van der Waals surface area contributed by atoms with Gasteiger partial charge in [-0.05, 0) is 31.2 Å². The zero-order valence-corrected chi connectivity index (χ0v) is 16.0. The fourth-order valence-electron chi connectivity index (χ4n) is 4.00. The highest BCUT2D eigenvalue weighted by atomic mass is 16.2. The van der Waals surface area contributed by atoms with Gasteiger partial charge in [0.1, 0.15) is 11.7 Å². The highest BCUT2D eigenvalue weighted by Gasteiger charge is 2.40. The molecule has 28 heavy (non-hydrogen) atoms. The third-order valence-electron chi connectivity index (χ3n) is 5.77. The van der Waals surface area contributed by atoms with Crippen LogP contribution >= 0.6 is 0 Å². The summed E-state index contributed by atoms with van der Waals surface area (Å²) >= 11 is 0. The summed E-state index contributed by atoms with van der Waals surface area (Å²) < 4.78 is 0.